The molecular formula is C20H22FN3O. The van der Waals surface area contributed by atoms with Crippen molar-refractivity contribution in [1.82, 2.24) is 9.80 Å². The van der Waals surface area contributed by atoms with Gasteiger partial charge in [0.05, 0.1) is 5.69 Å². The van der Waals surface area contributed by atoms with Crippen LogP contribution in [0.15, 0.2) is 48.5 Å². The number of fused-ring (bicyclic) bond motifs is 1. The maximum atomic E-state index is 13.7. The second-order valence-corrected chi connectivity index (χ2v) is 6.79. The molecule has 2 aliphatic heterocycles. The Labute approximate surface area is 147 Å². The van der Waals surface area contributed by atoms with E-state index in [0.717, 1.165) is 25.9 Å². The normalized spacial score (nSPS) is 20.4. The van der Waals surface area contributed by atoms with E-state index in [4.69, 9.17) is 0 Å². The summed E-state index contributed by atoms with van der Waals surface area (Å²) in [5.74, 6) is -0.403. The summed E-state index contributed by atoms with van der Waals surface area (Å²) >= 11 is 0. The van der Waals surface area contributed by atoms with Gasteiger partial charge in [0, 0.05) is 32.2 Å². The molecule has 25 heavy (non-hydrogen) atoms. The molecule has 0 bridgehead atoms. The number of amides is 2. The number of nitrogens with zero attached hydrogens (tertiary/aromatic N) is 2. The van der Waals surface area contributed by atoms with Gasteiger partial charge in [-0.3, -0.25) is 4.90 Å². The highest BCUT2D eigenvalue weighted by molar-refractivity contribution is 5.89. The summed E-state index contributed by atoms with van der Waals surface area (Å²) in [6.45, 7) is 3.39. The summed E-state index contributed by atoms with van der Waals surface area (Å²) in [5.41, 5.74) is 3.07. The molecule has 0 saturated carbocycles. The summed E-state index contributed by atoms with van der Waals surface area (Å²) < 4.78 is 13.7. The SMILES string of the molecule is O=C(Nc1ccccc1F)N1CCC(N2CCc3ccccc3C2)C1. The molecule has 2 aromatic rings. The molecule has 0 aromatic heterocycles. The number of urea groups is 1. The molecule has 4 rings (SSSR count). The third-order valence-electron chi connectivity index (χ3n) is 5.24. The quantitative estimate of drug-likeness (QED) is 0.909. The van der Waals surface area contributed by atoms with Gasteiger partial charge in [-0.15, -0.1) is 0 Å². The van der Waals surface area contributed by atoms with E-state index in [1.165, 1.54) is 17.2 Å². The number of hydrogen-bond donors (Lipinski definition) is 1. The van der Waals surface area contributed by atoms with Crippen LogP contribution in [-0.4, -0.2) is 41.5 Å². The second kappa shape index (κ2) is 6.84. The molecule has 0 aliphatic carbocycles. The average Bonchev–Trinajstić information content (AvgIpc) is 3.13. The minimum atomic E-state index is -0.403. The lowest BCUT2D eigenvalue weighted by Gasteiger charge is -2.33. The van der Waals surface area contributed by atoms with Crippen molar-refractivity contribution in [1.29, 1.82) is 0 Å². The van der Waals surface area contributed by atoms with Crippen molar-refractivity contribution in [3.05, 3.63) is 65.5 Å². The highest BCUT2D eigenvalue weighted by atomic mass is 19.1. The first kappa shape index (κ1) is 16.1. The molecule has 2 heterocycles. The van der Waals surface area contributed by atoms with Crippen molar-refractivity contribution >= 4 is 11.7 Å². The van der Waals surface area contributed by atoms with Gasteiger partial charge in [-0.25, -0.2) is 9.18 Å². The molecule has 1 saturated heterocycles. The van der Waals surface area contributed by atoms with Crippen molar-refractivity contribution in [2.45, 2.75) is 25.4 Å². The lowest BCUT2D eigenvalue weighted by molar-refractivity contribution is 0.177. The van der Waals surface area contributed by atoms with Crippen molar-refractivity contribution < 1.29 is 9.18 Å². The van der Waals surface area contributed by atoms with E-state index in [0.29, 0.717) is 19.1 Å². The van der Waals surface area contributed by atoms with Gasteiger partial charge in [-0.05, 0) is 36.1 Å². The predicted octanol–water partition coefficient (Wildman–Crippen LogP) is 3.49. The summed E-state index contributed by atoms with van der Waals surface area (Å²) in [7, 11) is 0. The first-order valence-corrected chi connectivity index (χ1v) is 8.82. The van der Waals surface area contributed by atoms with Crippen molar-refractivity contribution in [2.24, 2.45) is 0 Å². The first-order valence-electron chi connectivity index (χ1n) is 8.82. The van der Waals surface area contributed by atoms with E-state index < -0.39 is 5.82 Å². The number of carbonyl (C=O) groups is 1. The molecule has 1 N–H and O–H groups in total. The van der Waals surface area contributed by atoms with Crippen LogP contribution in [0, 0.1) is 5.82 Å². The van der Waals surface area contributed by atoms with Crippen LogP contribution in [0.2, 0.25) is 0 Å². The van der Waals surface area contributed by atoms with Crippen LogP contribution in [0.4, 0.5) is 14.9 Å². The maximum Gasteiger partial charge on any atom is 0.321 e. The number of hydrogen-bond acceptors (Lipinski definition) is 2. The van der Waals surface area contributed by atoms with Crippen molar-refractivity contribution in [3.8, 4) is 0 Å². The van der Waals surface area contributed by atoms with Gasteiger partial charge in [-0.2, -0.15) is 0 Å². The number of benzene rings is 2. The summed E-state index contributed by atoms with van der Waals surface area (Å²) in [6, 6.07) is 15.0. The molecule has 0 spiro atoms. The fourth-order valence-electron chi connectivity index (χ4n) is 3.81. The Balaban J connectivity index is 1.37. The fourth-order valence-corrected chi connectivity index (χ4v) is 3.81. The van der Waals surface area contributed by atoms with Gasteiger partial charge in [-0.1, -0.05) is 36.4 Å². The van der Waals surface area contributed by atoms with E-state index in [1.807, 2.05) is 0 Å². The first-order chi connectivity index (χ1) is 12.2. The van der Waals surface area contributed by atoms with Crippen LogP contribution >= 0.6 is 0 Å². The fraction of sp³-hybridized carbons (Fsp3) is 0.350. The zero-order valence-electron chi connectivity index (χ0n) is 14.1. The topological polar surface area (TPSA) is 35.6 Å². The zero-order chi connectivity index (χ0) is 17.2. The molecule has 130 valence electrons. The molecule has 2 aromatic carbocycles. The Kier molecular flexibility index (Phi) is 4.40. The number of anilines is 1. The summed E-state index contributed by atoms with van der Waals surface area (Å²) in [5, 5.41) is 2.68. The molecule has 4 nitrogen and oxygen atoms in total. The van der Waals surface area contributed by atoms with Gasteiger partial charge < -0.3 is 10.2 Å². The standard InChI is InChI=1S/C20H22FN3O/c21-18-7-3-4-8-19(18)22-20(25)24-12-10-17(14-24)23-11-9-15-5-1-2-6-16(15)13-23/h1-8,17H,9-14H2,(H,22,25). The highest BCUT2D eigenvalue weighted by Gasteiger charge is 2.32. The predicted molar refractivity (Wildman–Crippen MR) is 96.0 cm³/mol. The van der Waals surface area contributed by atoms with Crippen molar-refractivity contribution in [2.75, 3.05) is 25.0 Å². The Hall–Kier alpha value is -2.40. The van der Waals surface area contributed by atoms with Crippen LogP contribution in [0.3, 0.4) is 0 Å². The third kappa shape index (κ3) is 3.37. The van der Waals surface area contributed by atoms with Crippen LogP contribution in [-0.2, 0) is 13.0 Å². The van der Waals surface area contributed by atoms with Crippen LogP contribution in [0.5, 0.6) is 0 Å². The molecule has 2 aliphatic rings. The zero-order valence-corrected chi connectivity index (χ0v) is 14.1. The van der Waals surface area contributed by atoms with Gasteiger partial charge in [0.15, 0.2) is 0 Å². The van der Waals surface area contributed by atoms with Crippen LogP contribution in [0.25, 0.3) is 0 Å². The maximum absolute atomic E-state index is 13.7. The molecular weight excluding hydrogens is 317 g/mol. The average molecular weight is 339 g/mol. The lowest BCUT2D eigenvalue weighted by Crippen LogP contribution is -2.42. The van der Waals surface area contributed by atoms with Gasteiger partial charge in [0.1, 0.15) is 5.82 Å². The summed E-state index contributed by atoms with van der Waals surface area (Å²) in [6.07, 6.45) is 2.03. The Morgan fingerprint density at radius 1 is 1.04 bits per heavy atom. The third-order valence-corrected chi connectivity index (χ3v) is 5.24. The van der Waals surface area contributed by atoms with E-state index >= 15 is 0 Å². The largest absolute Gasteiger partial charge is 0.323 e. The van der Waals surface area contributed by atoms with E-state index in [-0.39, 0.29) is 11.7 Å². The second-order valence-electron chi connectivity index (χ2n) is 6.79. The van der Waals surface area contributed by atoms with Crippen molar-refractivity contribution in [3.63, 3.8) is 0 Å². The Bertz CT molecular complexity index is 779. The van der Waals surface area contributed by atoms with Gasteiger partial charge in [0.2, 0.25) is 0 Å². The van der Waals surface area contributed by atoms with Crippen LogP contribution < -0.4 is 5.32 Å². The molecule has 0 radical (unpaired) electrons. The Morgan fingerprint density at radius 3 is 2.64 bits per heavy atom. The van der Waals surface area contributed by atoms with E-state index in [2.05, 4.69) is 34.5 Å². The monoisotopic (exact) mass is 339 g/mol. The van der Waals surface area contributed by atoms with Gasteiger partial charge in [0.25, 0.3) is 0 Å². The van der Waals surface area contributed by atoms with E-state index in [9.17, 15) is 9.18 Å². The van der Waals surface area contributed by atoms with Crippen LogP contribution in [0.1, 0.15) is 17.5 Å². The minimum absolute atomic E-state index is 0.218. The smallest absolute Gasteiger partial charge is 0.321 e. The molecule has 1 unspecified atom stereocenters. The lowest BCUT2D eigenvalue weighted by atomic mass is 9.98. The molecule has 1 fully saturated rings. The number of rotatable bonds is 2. The number of para-hydroxylation sites is 1. The Morgan fingerprint density at radius 2 is 1.80 bits per heavy atom. The summed E-state index contributed by atoms with van der Waals surface area (Å²) in [4.78, 5) is 16.7. The molecule has 5 heteroatoms. The number of carbonyl (C=O) groups excluding carboxylic acids is 1. The number of nitrogens with one attached hydrogen (secondary N) is 1. The van der Waals surface area contributed by atoms with E-state index in [1.54, 1.807) is 23.1 Å². The number of likely N-dealkylation sites (tertiary alicyclic amines) is 1. The minimum Gasteiger partial charge on any atom is -0.323 e. The number of halogens is 1. The highest BCUT2D eigenvalue weighted by Crippen LogP contribution is 2.25. The molecule has 1 atom stereocenters. The molecule has 2 amide bonds. The van der Waals surface area contributed by atoms with Gasteiger partial charge >= 0.3 is 6.03 Å².